The predicted octanol–water partition coefficient (Wildman–Crippen LogP) is 1.54. The number of furan rings is 1. The Morgan fingerprint density at radius 1 is 1.41 bits per heavy atom. The Morgan fingerprint density at radius 3 is 2.94 bits per heavy atom. The van der Waals surface area contributed by atoms with Crippen LogP contribution in [0.2, 0.25) is 0 Å². The van der Waals surface area contributed by atoms with Crippen molar-refractivity contribution in [2.45, 2.75) is 18.8 Å². The van der Waals surface area contributed by atoms with Gasteiger partial charge in [-0.1, -0.05) is 0 Å². The van der Waals surface area contributed by atoms with Crippen LogP contribution in [-0.4, -0.2) is 27.9 Å². The van der Waals surface area contributed by atoms with E-state index in [0.717, 1.165) is 37.5 Å². The second-order valence-corrected chi connectivity index (χ2v) is 4.42. The molecular formula is C12H16N4O. The zero-order valence-corrected chi connectivity index (χ0v) is 9.89. The zero-order valence-electron chi connectivity index (χ0n) is 9.89. The minimum absolute atomic E-state index is 0.512. The average Bonchev–Trinajstić information content (AvgIpc) is 2.99. The van der Waals surface area contributed by atoms with E-state index in [-0.39, 0.29) is 0 Å². The number of nitrogens with one attached hydrogen (secondary N) is 1. The molecule has 0 aromatic carbocycles. The number of hydrogen-bond acceptors (Lipinski definition) is 4. The number of hydrogen-bond donors (Lipinski definition) is 1. The highest BCUT2D eigenvalue weighted by Crippen LogP contribution is 2.25. The van der Waals surface area contributed by atoms with Crippen molar-refractivity contribution in [2.75, 3.05) is 13.1 Å². The van der Waals surface area contributed by atoms with E-state index in [9.17, 15) is 0 Å². The summed E-state index contributed by atoms with van der Waals surface area (Å²) < 4.78 is 7.21. The molecule has 1 fully saturated rings. The maximum absolute atomic E-state index is 5.32. The van der Waals surface area contributed by atoms with E-state index in [2.05, 4.69) is 15.4 Å². The van der Waals surface area contributed by atoms with Crippen molar-refractivity contribution in [3.8, 4) is 11.6 Å². The van der Waals surface area contributed by atoms with Gasteiger partial charge >= 0.3 is 0 Å². The van der Waals surface area contributed by atoms with Gasteiger partial charge in [-0.2, -0.15) is 0 Å². The van der Waals surface area contributed by atoms with E-state index in [4.69, 9.17) is 4.42 Å². The molecule has 3 rings (SSSR count). The second kappa shape index (κ2) is 4.33. The molecule has 0 bridgehead atoms. The van der Waals surface area contributed by atoms with E-state index in [1.54, 1.807) is 6.26 Å². The largest absolute Gasteiger partial charge is 0.461 e. The third-order valence-electron chi connectivity index (χ3n) is 3.24. The lowest BCUT2D eigenvalue weighted by molar-refractivity contribution is 0.432. The third-order valence-corrected chi connectivity index (χ3v) is 3.24. The Bertz CT molecular complexity index is 483. The van der Waals surface area contributed by atoms with Crippen molar-refractivity contribution < 1.29 is 4.42 Å². The number of aryl methyl sites for hydroxylation is 1. The summed E-state index contributed by atoms with van der Waals surface area (Å²) in [5.41, 5.74) is 0. The van der Waals surface area contributed by atoms with E-state index >= 15 is 0 Å². The Balaban J connectivity index is 1.90. The van der Waals surface area contributed by atoms with Crippen LogP contribution in [-0.2, 0) is 7.05 Å². The monoisotopic (exact) mass is 232 g/mol. The molecule has 0 radical (unpaired) electrons. The molecule has 0 unspecified atom stereocenters. The van der Waals surface area contributed by atoms with Crippen molar-refractivity contribution in [3.05, 3.63) is 24.2 Å². The van der Waals surface area contributed by atoms with Crippen molar-refractivity contribution in [2.24, 2.45) is 7.05 Å². The Hall–Kier alpha value is -1.62. The zero-order chi connectivity index (χ0) is 11.7. The maximum Gasteiger partial charge on any atom is 0.217 e. The summed E-state index contributed by atoms with van der Waals surface area (Å²) in [6, 6.07) is 3.75. The first-order valence-corrected chi connectivity index (χ1v) is 6.00. The first-order chi connectivity index (χ1) is 8.34. The Labute approximate surface area is 99.8 Å². The minimum Gasteiger partial charge on any atom is -0.461 e. The molecule has 5 heteroatoms. The first-order valence-electron chi connectivity index (χ1n) is 6.00. The average molecular weight is 232 g/mol. The van der Waals surface area contributed by atoms with Crippen LogP contribution in [0.3, 0.4) is 0 Å². The van der Waals surface area contributed by atoms with Gasteiger partial charge in [0, 0.05) is 13.0 Å². The molecule has 0 aliphatic carbocycles. The van der Waals surface area contributed by atoms with Crippen molar-refractivity contribution in [1.29, 1.82) is 0 Å². The summed E-state index contributed by atoms with van der Waals surface area (Å²) in [5, 5.41) is 7.78. The van der Waals surface area contributed by atoms with Crippen LogP contribution in [0.1, 0.15) is 24.6 Å². The highest BCUT2D eigenvalue weighted by molar-refractivity contribution is 5.45. The molecule has 0 atom stereocenters. The molecule has 3 heterocycles. The summed E-state index contributed by atoms with van der Waals surface area (Å²) in [6.45, 7) is 2.13. The molecule has 0 saturated carbocycles. The normalized spacial score (nSPS) is 17.5. The Kier molecular flexibility index (Phi) is 2.68. The van der Waals surface area contributed by atoms with E-state index < -0.39 is 0 Å². The molecule has 2 aromatic heterocycles. The van der Waals surface area contributed by atoms with Gasteiger partial charge in [-0.3, -0.25) is 4.68 Å². The van der Waals surface area contributed by atoms with Crippen molar-refractivity contribution >= 4 is 0 Å². The molecule has 1 aliphatic heterocycles. The Morgan fingerprint density at radius 2 is 2.24 bits per heavy atom. The fraction of sp³-hybridized carbons (Fsp3) is 0.500. The van der Waals surface area contributed by atoms with Gasteiger partial charge in [-0.15, -0.1) is 5.10 Å². The van der Waals surface area contributed by atoms with Crippen LogP contribution in [0.15, 0.2) is 22.8 Å². The molecule has 90 valence electrons. The molecule has 1 aliphatic rings. The highest BCUT2D eigenvalue weighted by Gasteiger charge is 2.21. The summed E-state index contributed by atoms with van der Waals surface area (Å²) in [4.78, 5) is 4.61. The molecule has 17 heavy (non-hydrogen) atoms. The standard InChI is InChI=1S/C12H16N4O/c1-16-12(9-4-6-13-7-5-9)14-11(15-16)10-3-2-8-17-10/h2-3,8-9,13H,4-7H2,1H3. The smallest absolute Gasteiger partial charge is 0.217 e. The summed E-state index contributed by atoms with van der Waals surface area (Å²) in [7, 11) is 1.96. The van der Waals surface area contributed by atoms with E-state index in [0.29, 0.717) is 11.7 Å². The number of rotatable bonds is 2. The van der Waals surface area contributed by atoms with E-state index in [1.165, 1.54) is 0 Å². The SMILES string of the molecule is Cn1nc(-c2ccco2)nc1C1CCNCC1. The fourth-order valence-corrected chi connectivity index (χ4v) is 2.34. The minimum atomic E-state index is 0.512. The van der Waals surface area contributed by atoms with E-state index in [1.807, 2.05) is 23.9 Å². The van der Waals surface area contributed by atoms with Gasteiger partial charge in [0.2, 0.25) is 5.82 Å². The van der Waals surface area contributed by atoms with Gasteiger partial charge in [0.1, 0.15) is 5.82 Å². The molecule has 5 nitrogen and oxygen atoms in total. The van der Waals surface area contributed by atoms with Gasteiger partial charge in [0.05, 0.1) is 6.26 Å². The van der Waals surface area contributed by atoms with Crippen LogP contribution in [0, 0.1) is 0 Å². The molecule has 0 spiro atoms. The number of nitrogens with zero attached hydrogens (tertiary/aromatic N) is 3. The van der Waals surface area contributed by atoms with Crippen LogP contribution in [0.25, 0.3) is 11.6 Å². The summed E-state index contributed by atoms with van der Waals surface area (Å²) in [6.07, 6.45) is 3.91. The lowest BCUT2D eigenvalue weighted by atomic mass is 9.97. The molecular weight excluding hydrogens is 216 g/mol. The van der Waals surface area contributed by atoms with Crippen molar-refractivity contribution in [3.63, 3.8) is 0 Å². The summed E-state index contributed by atoms with van der Waals surface area (Å²) >= 11 is 0. The predicted molar refractivity (Wildman–Crippen MR) is 63.5 cm³/mol. The molecule has 0 amide bonds. The molecule has 1 saturated heterocycles. The number of aromatic nitrogens is 3. The fourth-order valence-electron chi connectivity index (χ4n) is 2.34. The van der Waals surface area contributed by atoms with Gasteiger partial charge in [0.25, 0.3) is 0 Å². The molecule has 2 aromatic rings. The van der Waals surface area contributed by atoms with Gasteiger partial charge in [-0.25, -0.2) is 4.98 Å². The first kappa shape index (κ1) is 10.5. The van der Waals surface area contributed by atoms with Crippen LogP contribution < -0.4 is 5.32 Å². The van der Waals surface area contributed by atoms with Crippen LogP contribution in [0.4, 0.5) is 0 Å². The number of piperidine rings is 1. The van der Waals surface area contributed by atoms with Crippen molar-refractivity contribution in [1.82, 2.24) is 20.1 Å². The lowest BCUT2D eigenvalue weighted by Gasteiger charge is -2.21. The van der Waals surface area contributed by atoms with Gasteiger partial charge in [-0.05, 0) is 38.1 Å². The topological polar surface area (TPSA) is 55.9 Å². The lowest BCUT2D eigenvalue weighted by Crippen LogP contribution is -2.27. The van der Waals surface area contributed by atoms with Gasteiger partial charge in [0.15, 0.2) is 5.76 Å². The van der Waals surface area contributed by atoms with Crippen LogP contribution >= 0.6 is 0 Å². The third kappa shape index (κ3) is 1.98. The second-order valence-electron chi connectivity index (χ2n) is 4.42. The summed E-state index contributed by atoms with van der Waals surface area (Å²) in [5.74, 6) is 3.00. The maximum atomic E-state index is 5.32. The molecule has 1 N–H and O–H groups in total. The van der Waals surface area contributed by atoms with Gasteiger partial charge < -0.3 is 9.73 Å². The highest BCUT2D eigenvalue weighted by atomic mass is 16.3. The quantitative estimate of drug-likeness (QED) is 0.853. The van der Waals surface area contributed by atoms with Crippen LogP contribution in [0.5, 0.6) is 0 Å².